The smallest absolute Gasteiger partial charge is 0.0907 e. The third-order valence-electron chi connectivity index (χ3n) is 5.62. The van der Waals surface area contributed by atoms with Crippen molar-refractivity contribution in [3.8, 4) is 11.4 Å². The van der Waals surface area contributed by atoms with Crippen LogP contribution < -0.4 is 0 Å². The monoisotopic (exact) mass is 372 g/mol. The van der Waals surface area contributed by atoms with Crippen LogP contribution in [0.4, 0.5) is 0 Å². The van der Waals surface area contributed by atoms with Gasteiger partial charge in [0.15, 0.2) is 0 Å². The Hall–Kier alpha value is -2.85. The van der Waals surface area contributed by atoms with Gasteiger partial charge in [-0.25, -0.2) is 4.68 Å². The molecule has 1 aliphatic carbocycles. The molecule has 2 aromatic heterocycles. The van der Waals surface area contributed by atoms with Gasteiger partial charge in [-0.15, -0.1) is 5.10 Å². The van der Waals surface area contributed by atoms with Gasteiger partial charge >= 0.3 is 0 Å². The summed E-state index contributed by atoms with van der Waals surface area (Å²) in [4.78, 5) is 0. The minimum Gasteiger partial charge on any atom is -0.318 e. The third kappa shape index (κ3) is 2.23. The van der Waals surface area contributed by atoms with Gasteiger partial charge in [-0.3, -0.25) is 0 Å². The van der Waals surface area contributed by atoms with E-state index in [0.717, 1.165) is 22.1 Å². The van der Waals surface area contributed by atoms with Gasteiger partial charge < -0.3 is 4.57 Å². The maximum absolute atomic E-state index is 6.17. The molecule has 6 rings (SSSR count). The third-order valence-corrected chi connectivity index (χ3v) is 5.87. The molecular weight excluding hydrogens is 356 g/mol. The molecule has 1 aliphatic heterocycles. The van der Waals surface area contributed by atoms with Crippen LogP contribution in [0.3, 0.4) is 0 Å². The minimum absolute atomic E-state index is 0.0651. The van der Waals surface area contributed by atoms with E-state index in [2.05, 4.69) is 74.3 Å². The molecule has 2 aromatic carbocycles. The second kappa shape index (κ2) is 5.57. The number of nitrogens with zero attached hydrogens (tertiary/aromatic N) is 4. The minimum atomic E-state index is 0.0651. The number of benzene rings is 2. The highest BCUT2D eigenvalue weighted by Crippen LogP contribution is 2.47. The Morgan fingerprint density at radius 2 is 1.67 bits per heavy atom. The molecule has 1 atom stereocenters. The van der Waals surface area contributed by atoms with E-state index in [0.29, 0.717) is 5.92 Å². The zero-order valence-corrected chi connectivity index (χ0v) is 15.3. The standard InChI is InChI=1S/C22H17ClN4/c23-16-11-9-14(10-12-16)20-19-6-3-13-26(19)17-4-1-2-5-18(17)27-22(20)21(24-25-27)15-7-8-15/h1-6,9-13,15,20H,7-8H2. The lowest BCUT2D eigenvalue weighted by Gasteiger charge is -2.18. The Morgan fingerprint density at radius 3 is 2.44 bits per heavy atom. The predicted octanol–water partition coefficient (Wildman–Crippen LogP) is 5.08. The highest BCUT2D eigenvalue weighted by molar-refractivity contribution is 6.30. The molecule has 0 spiro atoms. The Labute approximate surface area is 162 Å². The second-order valence-electron chi connectivity index (χ2n) is 7.32. The fourth-order valence-corrected chi connectivity index (χ4v) is 4.34. The molecule has 0 amide bonds. The molecule has 27 heavy (non-hydrogen) atoms. The molecule has 0 saturated heterocycles. The lowest BCUT2D eigenvalue weighted by molar-refractivity contribution is 0.753. The number of para-hydroxylation sites is 2. The SMILES string of the molecule is Clc1ccc(C2c3cccn3-c3ccccc3-n3nnc(C4CC4)c32)cc1. The van der Waals surface area contributed by atoms with Crippen molar-refractivity contribution in [1.82, 2.24) is 19.6 Å². The van der Waals surface area contributed by atoms with Gasteiger partial charge in [-0.05, 0) is 54.8 Å². The number of rotatable bonds is 2. The van der Waals surface area contributed by atoms with Crippen molar-refractivity contribution >= 4 is 11.6 Å². The quantitative estimate of drug-likeness (QED) is 0.433. The van der Waals surface area contributed by atoms with E-state index in [-0.39, 0.29) is 5.92 Å². The zero-order valence-electron chi connectivity index (χ0n) is 14.6. The first-order valence-corrected chi connectivity index (χ1v) is 9.67. The second-order valence-corrected chi connectivity index (χ2v) is 7.76. The molecule has 4 aromatic rings. The summed E-state index contributed by atoms with van der Waals surface area (Å²) in [5.41, 5.74) is 6.96. The normalized spacial score (nSPS) is 17.7. The van der Waals surface area contributed by atoms with Crippen LogP contribution in [0.25, 0.3) is 11.4 Å². The van der Waals surface area contributed by atoms with Crippen molar-refractivity contribution in [1.29, 1.82) is 0 Å². The fraction of sp³-hybridized carbons (Fsp3) is 0.182. The van der Waals surface area contributed by atoms with E-state index in [1.54, 1.807) is 0 Å². The van der Waals surface area contributed by atoms with Crippen LogP contribution in [0.2, 0.25) is 5.02 Å². The molecule has 0 radical (unpaired) electrons. The Morgan fingerprint density at radius 1 is 0.889 bits per heavy atom. The summed E-state index contributed by atoms with van der Waals surface area (Å²) in [7, 11) is 0. The van der Waals surface area contributed by atoms with Crippen LogP contribution in [-0.4, -0.2) is 19.6 Å². The van der Waals surface area contributed by atoms with Crippen LogP contribution in [0.15, 0.2) is 66.9 Å². The van der Waals surface area contributed by atoms with Gasteiger partial charge in [-0.2, -0.15) is 0 Å². The fourth-order valence-electron chi connectivity index (χ4n) is 4.22. The summed E-state index contributed by atoms with van der Waals surface area (Å²) in [6, 6.07) is 20.9. The van der Waals surface area contributed by atoms with Crippen molar-refractivity contribution in [3.63, 3.8) is 0 Å². The largest absolute Gasteiger partial charge is 0.318 e. The summed E-state index contributed by atoms with van der Waals surface area (Å²) < 4.78 is 4.33. The molecule has 0 bridgehead atoms. The molecule has 132 valence electrons. The van der Waals surface area contributed by atoms with Gasteiger partial charge in [0, 0.05) is 22.8 Å². The number of hydrogen-bond donors (Lipinski definition) is 0. The first-order chi connectivity index (χ1) is 13.3. The van der Waals surface area contributed by atoms with Crippen molar-refractivity contribution < 1.29 is 0 Å². The van der Waals surface area contributed by atoms with Crippen molar-refractivity contribution in [2.24, 2.45) is 0 Å². The highest BCUT2D eigenvalue weighted by Gasteiger charge is 2.38. The topological polar surface area (TPSA) is 35.6 Å². The van der Waals surface area contributed by atoms with E-state index in [1.807, 2.05) is 12.1 Å². The van der Waals surface area contributed by atoms with Crippen LogP contribution in [0, 0.1) is 0 Å². The maximum atomic E-state index is 6.17. The van der Waals surface area contributed by atoms with E-state index < -0.39 is 0 Å². The Kier molecular flexibility index (Phi) is 3.14. The number of halogens is 1. The first-order valence-electron chi connectivity index (χ1n) is 9.29. The molecule has 2 aliphatic rings. The zero-order chi connectivity index (χ0) is 18.0. The van der Waals surface area contributed by atoms with Gasteiger partial charge in [0.05, 0.1) is 28.7 Å². The van der Waals surface area contributed by atoms with Gasteiger partial charge in [-0.1, -0.05) is 41.1 Å². The van der Waals surface area contributed by atoms with Gasteiger partial charge in [0.2, 0.25) is 0 Å². The molecule has 0 N–H and O–H groups in total. The first kappa shape index (κ1) is 15.2. The lowest BCUT2D eigenvalue weighted by atomic mass is 9.90. The highest BCUT2D eigenvalue weighted by atomic mass is 35.5. The summed E-state index contributed by atoms with van der Waals surface area (Å²) >= 11 is 6.17. The number of fused-ring (bicyclic) bond motifs is 5. The van der Waals surface area contributed by atoms with E-state index in [9.17, 15) is 0 Å². The van der Waals surface area contributed by atoms with Crippen molar-refractivity contribution in [3.05, 3.63) is 94.5 Å². The molecule has 4 nitrogen and oxygen atoms in total. The van der Waals surface area contributed by atoms with Gasteiger partial charge in [0.25, 0.3) is 0 Å². The van der Waals surface area contributed by atoms with E-state index in [4.69, 9.17) is 11.6 Å². The molecule has 1 unspecified atom stereocenters. The summed E-state index contributed by atoms with van der Waals surface area (Å²) in [6.45, 7) is 0. The van der Waals surface area contributed by atoms with Crippen LogP contribution in [-0.2, 0) is 0 Å². The summed E-state index contributed by atoms with van der Waals surface area (Å²) in [6.07, 6.45) is 4.52. The molecule has 5 heteroatoms. The number of hydrogen-bond acceptors (Lipinski definition) is 2. The molecule has 3 heterocycles. The Balaban J connectivity index is 1.71. The van der Waals surface area contributed by atoms with Crippen LogP contribution in [0.5, 0.6) is 0 Å². The lowest BCUT2D eigenvalue weighted by Crippen LogP contribution is -2.11. The molecular formula is C22H17ClN4. The summed E-state index contributed by atoms with van der Waals surface area (Å²) in [5, 5.41) is 9.98. The van der Waals surface area contributed by atoms with Crippen LogP contribution >= 0.6 is 11.6 Å². The van der Waals surface area contributed by atoms with Crippen molar-refractivity contribution in [2.45, 2.75) is 24.7 Å². The predicted molar refractivity (Wildman–Crippen MR) is 105 cm³/mol. The maximum Gasteiger partial charge on any atom is 0.0907 e. The van der Waals surface area contributed by atoms with E-state index >= 15 is 0 Å². The average molecular weight is 373 g/mol. The van der Waals surface area contributed by atoms with Crippen LogP contribution in [0.1, 0.15) is 47.3 Å². The number of aromatic nitrogens is 4. The summed E-state index contributed by atoms with van der Waals surface area (Å²) in [5.74, 6) is 0.590. The Bertz CT molecular complexity index is 1150. The molecule has 1 fully saturated rings. The van der Waals surface area contributed by atoms with Gasteiger partial charge in [0.1, 0.15) is 0 Å². The average Bonchev–Trinajstić information content (AvgIpc) is 3.30. The van der Waals surface area contributed by atoms with Crippen molar-refractivity contribution in [2.75, 3.05) is 0 Å². The molecule has 1 saturated carbocycles. The van der Waals surface area contributed by atoms with E-state index in [1.165, 1.54) is 29.8 Å².